The van der Waals surface area contributed by atoms with E-state index in [4.69, 9.17) is 11.6 Å². The van der Waals surface area contributed by atoms with Gasteiger partial charge in [-0.25, -0.2) is 0 Å². The van der Waals surface area contributed by atoms with E-state index in [9.17, 15) is 5.11 Å². The largest absolute Gasteiger partial charge is 0.395 e. The summed E-state index contributed by atoms with van der Waals surface area (Å²) in [6.07, 6.45) is 11.9. The minimum absolute atomic E-state index is 0.292. The van der Waals surface area contributed by atoms with Gasteiger partial charge in [-0.2, -0.15) is 0 Å². The number of piperidine rings is 1. The number of rotatable bonds is 10. The summed E-state index contributed by atoms with van der Waals surface area (Å²) in [6.45, 7) is 8.21. The zero-order valence-electron chi connectivity index (χ0n) is 18.7. The number of likely N-dealkylation sites (tertiary alicyclic amines) is 1. The van der Waals surface area contributed by atoms with Crippen molar-refractivity contribution in [1.82, 2.24) is 9.80 Å². The van der Waals surface area contributed by atoms with E-state index >= 15 is 0 Å². The van der Waals surface area contributed by atoms with E-state index in [1.54, 1.807) is 0 Å². The normalized spacial score (nSPS) is 23.9. The fourth-order valence-corrected chi connectivity index (χ4v) is 6.16. The Morgan fingerprint density at radius 3 is 2.50 bits per heavy atom. The smallest absolute Gasteiger partial charge is 0.0558 e. The molecule has 3 rings (SSSR count). The topological polar surface area (TPSA) is 26.7 Å². The van der Waals surface area contributed by atoms with Crippen LogP contribution in [0, 0.1) is 11.8 Å². The highest BCUT2D eigenvalue weighted by molar-refractivity contribution is 9.10. The number of aliphatic hydroxyl groups is 1. The molecule has 2 fully saturated rings. The third-order valence-electron chi connectivity index (χ3n) is 7.44. The third kappa shape index (κ3) is 7.48. The average Bonchev–Trinajstić information content (AvgIpc) is 2.76. The minimum Gasteiger partial charge on any atom is -0.395 e. The van der Waals surface area contributed by atoms with Crippen molar-refractivity contribution in [2.45, 2.75) is 70.8 Å². The summed E-state index contributed by atoms with van der Waals surface area (Å²) in [5.74, 6) is 1.71. The third-order valence-corrected chi connectivity index (χ3v) is 8.45. The second-order valence-corrected chi connectivity index (χ2v) is 10.7. The Balaban J connectivity index is 1.30. The molecule has 0 unspecified atom stereocenters. The van der Waals surface area contributed by atoms with Crippen LogP contribution in [-0.2, 0) is 6.42 Å². The maximum atomic E-state index is 9.25. The molecular weight excluding hydrogens is 460 g/mol. The summed E-state index contributed by atoms with van der Waals surface area (Å²) < 4.78 is 1.20. The molecule has 2 aliphatic rings. The van der Waals surface area contributed by atoms with Crippen molar-refractivity contribution in [3.05, 3.63) is 33.3 Å². The van der Waals surface area contributed by atoms with Crippen molar-refractivity contribution in [3.8, 4) is 0 Å². The monoisotopic (exact) mass is 498 g/mol. The van der Waals surface area contributed by atoms with Crippen LogP contribution in [0.15, 0.2) is 22.7 Å². The molecule has 170 valence electrons. The summed E-state index contributed by atoms with van der Waals surface area (Å²) in [6, 6.07) is 6.86. The molecule has 0 radical (unpaired) electrons. The number of aliphatic hydroxyl groups excluding tert-OH is 1. The van der Waals surface area contributed by atoms with Crippen LogP contribution in [0.2, 0.25) is 5.02 Å². The molecule has 0 atom stereocenters. The summed E-state index contributed by atoms with van der Waals surface area (Å²) in [4.78, 5) is 5.16. The number of benzene rings is 1. The van der Waals surface area contributed by atoms with E-state index in [-0.39, 0.29) is 0 Å². The van der Waals surface area contributed by atoms with Crippen molar-refractivity contribution in [2.24, 2.45) is 11.8 Å². The maximum Gasteiger partial charge on any atom is 0.0558 e. The van der Waals surface area contributed by atoms with Crippen LogP contribution in [0.3, 0.4) is 0 Å². The molecule has 30 heavy (non-hydrogen) atoms. The van der Waals surface area contributed by atoms with Crippen LogP contribution in [0.1, 0.15) is 63.9 Å². The SMILES string of the molecule is CCN(CCO)[C@H]1CC[C@H](CCCN2CCC(Cc3cc(Cl)ccc3Br)CC2)CC1. The highest BCUT2D eigenvalue weighted by Crippen LogP contribution is 2.31. The van der Waals surface area contributed by atoms with Gasteiger partial charge in [0.2, 0.25) is 0 Å². The molecule has 0 bridgehead atoms. The lowest BCUT2D eigenvalue weighted by Crippen LogP contribution is -2.39. The molecule has 1 saturated carbocycles. The standard InChI is InChI=1S/C25H40BrClN2O/c1-2-29(16-17-30)24-8-5-20(6-9-24)4-3-13-28-14-11-21(12-15-28)18-22-19-23(27)7-10-25(22)26/h7,10,19-21,24,30H,2-6,8-9,11-18H2,1H3/t20-,24-. The van der Waals surface area contributed by atoms with Crippen molar-refractivity contribution < 1.29 is 5.11 Å². The van der Waals surface area contributed by atoms with Crippen molar-refractivity contribution in [2.75, 3.05) is 39.3 Å². The average molecular weight is 500 g/mol. The molecule has 0 spiro atoms. The van der Waals surface area contributed by atoms with Gasteiger partial charge in [0.15, 0.2) is 0 Å². The minimum atomic E-state index is 0.292. The number of nitrogens with zero attached hydrogens (tertiary/aromatic N) is 2. The summed E-state index contributed by atoms with van der Waals surface area (Å²) in [5, 5.41) is 10.1. The highest BCUT2D eigenvalue weighted by Gasteiger charge is 2.25. The van der Waals surface area contributed by atoms with Gasteiger partial charge in [0.25, 0.3) is 0 Å². The van der Waals surface area contributed by atoms with E-state index < -0.39 is 0 Å². The molecule has 1 N–H and O–H groups in total. The number of likely N-dealkylation sites (N-methyl/N-ethyl adjacent to an activating group) is 1. The second kappa shape index (κ2) is 12.8. The molecule has 0 amide bonds. The predicted octanol–water partition coefficient (Wildman–Crippen LogP) is 6.01. The van der Waals surface area contributed by atoms with E-state index in [0.29, 0.717) is 12.6 Å². The predicted molar refractivity (Wildman–Crippen MR) is 131 cm³/mol. The molecule has 3 nitrogen and oxygen atoms in total. The van der Waals surface area contributed by atoms with Gasteiger partial charge in [-0.15, -0.1) is 0 Å². The Kier molecular flexibility index (Phi) is 10.5. The Hall–Kier alpha value is -0.130. The van der Waals surface area contributed by atoms with E-state index in [1.165, 1.54) is 81.0 Å². The van der Waals surface area contributed by atoms with Crippen LogP contribution in [0.5, 0.6) is 0 Å². The fourth-order valence-electron chi connectivity index (χ4n) is 5.55. The second-order valence-electron chi connectivity index (χ2n) is 9.39. The van der Waals surface area contributed by atoms with Crippen LogP contribution in [0.4, 0.5) is 0 Å². The number of halogens is 2. The van der Waals surface area contributed by atoms with Crippen LogP contribution in [-0.4, -0.2) is 60.3 Å². The summed E-state index contributed by atoms with van der Waals surface area (Å²) >= 11 is 9.86. The van der Waals surface area contributed by atoms with E-state index in [1.807, 2.05) is 6.07 Å². The van der Waals surface area contributed by atoms with Gasteiger partial charge in [-0.3, -0.25) is 4.90 Å². The molecular formula is C25H40BrClN2O. The Morgan fingerprint density at radius 2 is 1.83 bits per heavy atom. The van der Waals surface area contributed by atoms with Crippen molar-refractivity contribution >= 4 is 27.5 Å². The molecule has 1 aliphatic carbocycles. The highest BCUT2D eigenvalue weighted by atomic mass is 79.9. The lowest BCUT2D eigenvalue weighted by molar-refractivity contribution is 0.112. The van der Waals surface area contributed by atoms with Crippen LogP contribution < -0.4 is 0 Å². The van der Waals surface area contributed by atoms with Crippen molar-refractivity contribution in [1.29, 1.82) is 0 Å². The summed E-state index contributed by atoms with van der Waals surface area (Å²) in [5.41, 5.74) is 1.36. The molecule has 1 aliphatic heterocycles. The van der Waals surface area contributed by atoms with Gasteiger partial charge in [0, 0.05) is 22.1 Å². The number of hydrogen-bond donors (Lipinski definition) is 1. The quantitative estimate of drug-likeness (QED) is 0.427. The first-order valence-electron chi connectivity index (χ1n) is 12.1. The Bertz CT molecular complexity index is 628. The lowest BCUT2D eigenvalue weighted by Gasteiger charge is -2.36. The van der Waals surface area contributed by atoms with Gasteiger partial charge in [-0.1, -0.05) is 34.5 Å². The molecule has 1 saturated heterocycles. The van der Waals surface area contributed by atoms with Gasteiger partial charge < -0.3 is 10.0 Å². The molecule has 1 aromatic rings. The summed E-state index contributed by atoms with van der Waals surface area (Å²) in [7, 11) is 0. The first kappa shape index (κ1) is 24.5. The first-order chi connectivity index (χ1) is 14.6. The zero-order valence-corrected chi connectivity index (χ0v) is 21.0. The van der Waals surface area contributed by atoms with E-state index in [2.05, 4.69) is 44.8 Å². The van der Waals surface area contributed by atoms with Gasteiger partial charge >= 0.3 is 0 Å². The van der Waals surface area contributed by atoms with Gasteiger partial charge in [-0.05, 0) is 120 Å². The molecule has 0 aromatic heterocycles. The van der Waals surface area contributed by atoms with Crippen LogP contribution >= 0.6 is 27.5 Å². The molecule has 1 heterocycles. The molecule has 1 aromatic carbocycles. The number of hydrogen-bond acceptors (Lipinski definition) is 3. The lowest BCUT2D eigenvalue weighted by atomic mass is 9.82. The van der Waals surface area contributed by atoms with Crippen molar-refractivity contribution in [3.63, 3.8) is 0 Å². The first-order valence-corrected chi connectivity index (χ1v) is 13.3. The Morgan fingerprint density at radius 1 is 1.10 bits per heavy atom. The van der Waals surface area contributed by atoms with E-state index in [0.717, 1.165) is 36.4 Å². The molecule has 5 heteroatoms. The van der Waals surface area contributed by atoms with Crippen LogP contribution in [0.25, 0.3) is 0 Å². The fraction of sp³-hybridized carbons (Fsp3) is 0.760. The van der Waals surface area contributed by atoms with Gasteiger partial charge in [0.1, 0.15) is 0 Å². The van der Waals surface area contributed by atoms with Gasteiger partial charge in [0.05, 0.1) is 6.61 Å². The maximum absolute atomic E-state index is 9.25. The Labute approximate surface area is 197 Å². The zero-order chi connectivity index (χ0) is 21.3.